The molecule has 0 saturated heterocycles. The number of carbonyl (C=O) groups is 1. The lowest BCUT2D eigenvalue weighted by Crippen LogP contribution is -2.37. The summed E-state index contributed by atoms with van der Waals surface area (Å²) in [5.74, 6) is -0.298. The molecule has 2 heterocycles. The van der Waals surface area contributed by atoms with E-state index in [0.29, 0.717) is 11.3 Å². The van der Waals surface area contributed by atoms with Crippen molar-refractivity contribution >= 4 is 16.6 Å². The van der Waals surface area contributed by atoms with Crippen LogP contribution in [0.15, 0.2) is 73.1 Å². The highest BCUT2D eigenvalue weighted by atomic mass is 19.1. The van der Waals surface area contributed by atoms with Crippen LogP contribution in [-0.2, 0) is 6.54 Å². The SMILES string of the molecule is Cc1cc(C(=O)C[n+]2ccc3ccccc3c2)c(C)n1-c1ccccc1F. The van der Waals surface area contributed by atoms with E-state index in [1.807, 2.05) is 67.2 Å². The minimum absolute atomic E-state index is 0.00553. The Morgan fingerprint density at radius 3 is 2.48 bits per heavy atom. The number of para-hydroxylation sites is 1. The van der Waals surface area contributed by atoms with Crippen LogP contribution in [0.1, 0.15) is 21.7 Å². The number of aryl methyl sites for hydroxylation is 1. The van der Waals surface area contributed by atoms with Gasteiger partial charge >= 0.3 is 0 Å². The van der Waals surface area contributed by atoms with Gasteiger partial charge in [-0.3, -0.25) is 4.79 Å². The highest BCUT2D eigenvalue weighted by molar-refractivity contribution is 5.96. The summed E-state index contributed by atoms with van der Waals surface area (Å²) in [5, 5.41) is 2.23. The topological polar surface area (TPSA) is 25.9 Å². The molecule has 0 aliphatic heterocycles. The number of halogens is 1. The number of aromatic nitrogens is 2. The minimum atomic E-state index is -0.304. The second-order valence-corrected chi connectivity index (χ2v) is 6.74. The molecule has 27 heavy (non-hydrogen) atoms. The lowest BCUT2D eigenvalue weighted by atomic mass is 10.1. The van der Waals surface area contributed by atoms with Crippen LogP contribution in [0.2, 0.25) is 0 Å². The van der Waals surface area contributed by atoms with Crippen molar-refractivity contribution in [2.24, 2.45) is 0 Å². The molecular weight excluding hydrogens is 339 g/mol. The van der Waals surface area contributed by atoms with Gasteiger partial charge in [-0.15, -0.1) is 0 Å². The van der Waals surface area contributed by atoms with Gasteiger partial charge < -0.3 is 4.57 Å². The van der Waals surface area contributed by atoms with Crippen molar-refractivity contribution in [1.29, 1.82) is 0 Å². The molecule has 4 rings (SSSR count). The van der Waals surface area contributed by atoms with Crippen LogP contribution in [0.3, 0.4) is 0 Å². The van der Waals surface area contributed by atoms with Gasteiger partial charge in [-0.2, -0.15) is 4.57 Å². The van der Waals surface area contributed by atoms with Gasteiger partial charge in [-0.25, -0.2) is 4.39 Å². The van der Waals surface area contributed by atoms with Crippen LogP contribution in [-0.4, -0.2) is 10.4 Å². The highest BCUT2D eigenvalue weighted by Gasteiger charge is 2.21. The monoisotopic (exact) mass is 359 g/mol. The number of benzene rings is 2. The molecule has 3 nitrogen and oxygen atoms in total. The molecule has 0 amide bonds. The first-order valence-corrected chi connectivity index (χ1v) is 8.89. The van der Waals surface area contributed by atoms with E-state index in [1.165, 1.54) is 6.07 Å². The second-order valence-electron chi connectivity index (χ2n) is 6.74. The normalized spacial score (nSPS) is 11.1. The molecule has 0 saturated carbocycles. The third kappa shape index (κ3) is 3.14. The molecule has 0 atom stereocenters. The number of hydrogen-bond donors (Lipinski definition) is 0. The molecule has 0 N–H and O–H groups in total. The first-order chi connectivity index (χ1) is 13.0. The van der Waals surface area contributed by atoms with Gasteiger partial charge in [0.15, 0.2) is 12.4 Å². The fourth-order valence-corrected chi connectivity index (χ4v) is 3.58. The van der Waals surface area contributed by atoms with Crippen LogP contribution >= 0.6 is 0 Å². The van der Waals surface area contributed by atoms with Gasteiger partial charge in [0.05, 0.1) is 5.69 Å². The van der Waals surface area contributed by atoms with Gasteiger partial charge in [-0.1, -0.05) is 30.3 Å². The third-order valence-corrected chi connectivity index (χ3v) is 4.90. The summed E-state index contributed by atoms with van der Waals surface area (Å²) in [5.41, 5.74) is 2.68. The Balaban J connectivity index is 1.68. The van der Waals surface area contributed by atoms with Crippen LogP contribution in [0, 0.1) is 19.7 Å². The molecule has 0 radical (unpaired) electrons. The number of rotatable bonds is 4. The molecule has 0 unspecified atom stereocenters. The Kier molecular flexibility index (Phi) is 4.32. The molecule has 2 aromatic carbocycles. The largest absolute Gasteiger partial charge is 0.315 e. The van der Waals surface area contributed by atoms with Crippen LogP contribution < -0.4 is 4.57 Å². The molecule has 0 bridgehead atoms. The Morgan fingerprint density at radius 2 is 1.70 bits per heavy atom. The van der Waals surface area contributed by atoms with Crippen molar-refractivity contribution in [3.8, 4) is 5.69 Å². The predicted molar refractivity (Wildman–Crippen MR) is 104 cm³/mol. The Hall–Kier alpha value is -3.27. The number of carbonyl (C=O) groups excluding carboxylic acids is 1. The second kappa shape index (κ2) is 6.80. The van der Waals surface area contributed by atoms with Crippen molar-refractivity contribution in [1.82, 2.24) is 4.57 Å². The Bertz CT molecular complexity index is 1160. The summed E-state index contributed by atoms with van der Waals surface area (Å²) in [7, 11) is 0. The van der Waals surface area contributed by atoms with E-state index in [2.05, 4.69) is 0 Å². The molecule has 4 aromatic rings. The van der Waals surface area contributed by atoms with E-state index in [4.69, 9.17) is 0 Å². The van der Waals surface area contributed by atoms with E-state index in [1.54, 1.807) is 22.8 Å². The number of pyridine rings is 1. The summed E-state index contributed by atoms with van der Waals surface area (Å²) >= 11 is 0. The van der Waals surface area contributed by atoms with Gasteiger partial charge in [0.25, 0.3) is 0 Å². The van der Waals surface area contributed by atoms with E-state index >= 15 is 0 Å². The molecule has 0 aliphatic carbocycles. The first-order valence-electron chi connectivity index (χ1n) is 8.89. The fourth-order valence-electron chi connectivity index (χ4n) is 3.58. The van der Waals surface area contributed by atoms with Crippen LogP contribution in [0.5, 0.6) is 0 Å². The van der Waals surface area contributed by atoms with Crippen molar-refractivity contribution in [2.45, 2.75) is 20.4 Å². The smallest absolute Gasteiger partial charge is 0.229 e. The molecule has 0 fully saturated rings. The van der Waals surface area contributed by atoms with Crippen molar-refractivity contribution in [3.63, 3.8) is 0 Å². The molecular formula is C23H20FN2O+. The number of ketones is 1. The van der Waals surface area contributed by atoms with Crippen molar-refractivity contribution in [3.05, 3.63) is 95.8 Å². The Morgan fingerprint density at radius 1 is 1.00 bits per heavy atom. The van der Waals surface area contributed by atoms with Gasteiger partial charge in [0, 0.05) is 28.4 Å². The average Bonchev–Trinajstić information content (AvgIpc) is 2.96. The van der Waals surface area contributed by atoms with E-state index in [9.17, 15) is 9.18 Å². The zero-order chi connectivity index (χ0) is 19.0. The Labute approximate surface area is 157 Å². The highest BCUT2D eigenvalue weighted by Crippen LogP contribution is 2.23. The lowest BCUT2D eigenvalue weighted by molar-refractivity contribution is -0.681. The quantitative estimate of drug-likeness (QED) is 0.387. The first kappa shape index (κ1) is 17.2. The average molecular weight is 359 g/mol. The summed E-state index contributed by atoms with van der Waals surface area (Å²) in [4.78, 5) is 12.9. The maximum atomic E-state index is 14.2. The summed E-state index contributed by atoms with van der Waals surface area (Å²) in [6.07, 6.45) is 3.89. The van der Waals surface area contributed by atoms with Crippen LogP contribution in [0.4, 0.5) is 4.39 Å². The number of fused-ring (bicyclic) bond motifs is 1. The van der Waals surface area contributed by atoms with Crippen LogP contribution in [0.25, 0.3) is 16.5 Å². The number of nitrogens with zero attached hydrogens (tertiary/aromatic N) is 2. The maximum Gasteiger partial charge on any atom is 0.229 e. The van der Waals surface area contributed by atoms with Crippen molar-refractivity contribution < 1.29 is 13.8 Å². The summed E-state index contributed by atoms with van der Waals surface area (Å²) in [6.45, 7) is 3.99. The van der Waals surface area contributed by atoms with Crippen molar-refractivity contribution in [2.75, 3.05) is 0 Å². The van der Waals surface area contributed by atoms with Gasteiger partial charge in [0.1, 0.15) is 5.82 Å². The fraction of sp³-hybridized carbons (Fsp3) is 0.130. The molecule has 134 valence electrons. The maximum absolute atomic E-state index is 14.2. The van der Waals surface area contributed by atoms with E-state index < -0.39 is 0 Å². The predicted octanol–water partition coefficient (Wildman–Crippen LogP) is 4.56. The zero-order valence-electron chi connectivity index (χ0n) is 15.3. The number of Topliss-reactive ketones (excluding diaryl/α,β-unsaturated/α-hetero) is 1. The third-order valence-electron chi connectivity index (χ3n) is 4.90. The standard InChI is InChI=1S/C23H20FN2O/c1-16-13-20(17(2)26(16)22-10-6-5-9-21(22)24)23(27)15-25-12-11-18-7-3-4-8-19(18)14-25/h3-14H,15H2,1-2H3/q+1. The summed E-state index contributed by atoms with van der Waals surface area (Å²) in [6, 6.07) is 18.5. The molecule has 4 heteroatoms. The van der Waals surface area contributed by atoms with E-state index in [-0.39, 0.29) is 18.1 Å². The molecule has 0 aliphatic rings. The van der Waals surface area contributed by atoms with Gasteiger partial charge in [-0.05, 0) is 43.5 Å². The number of hydrogen-bond acceptors (Lipinski definition) is 1. The lowest BCUT2D eigenvalue weighted by Gasteiger charge is -2.10. The minimum Gasteiger partial charge on any atom is -0.315 e. The summed E-state index contributed by atoms with van der Waals surface area (Å²) < 4.78 is 17.9. The molecule has 2 aromatic heterocycles. The van der Waals surface area contributed by atoms with Gasteiger partial charge in [0.2, 0.25) is 12.3 Å². The molecule has 0 spiro atoms. The zero-order valence-corrected chi connectivity index (χ0v) is 15.3. The van der Waals surface area contributed by atoms with E-state index in [0.717, 1.165) is 22.2 Å².